The van der Waals surface area contributed by atoms with Crippen LogP contribution in [0.1, 0.15) is 44.9 Å². The Kier molecular flexibility index (Phi) is 6.78. The maximum absolute atomic E-state index is 4.60. The van der Waals surface area contributed by atoms with E-state index in [9.17, 15) is 0 Å². The number of rotatable bonds is 8. The summed E-state index contributed by atoms with van der Waals surface area (Å²) >= 11 is 0. The lowest BCUT2D eigenvalue weighted by atomic mass is 10.2. The quantitative estimate of drug-likeness (QED) is 0.784. The van der Waals surface area contributed by atoms with Crippen LogP contribution in [0.5, 0.6) is 0 Å². The third kappa shape index (κ3) is 5.55. The first-order valence-corrected chi connectivity index (χ1v) is 7.29. The molecule has 0 aromatic carbocycles. The van der Waals surface area contributed by atoms with Gasteiger partial charge in [-0.05, 0) is 25.8 Å². The zero-order valence-electron chi connectivity index (χ0n) is 13.0. The molecule has 4 heteroatoms. The third-order valence-electron chi connectivity index (χ3n) is 3.12. The van der Waals surface area contributed by atoms with E-state index in [4.69, 9.17) is 0 Å². The fourth-order valence-electron chi connectivity index (χ4n) is 1.83. The molecule has 0 radical (unpaired) electrons. The van der Waals surface area contributed by atoms with Crippen LogP contribution in [0.15, 0.2) is 6.20 Å². The fraction of sp³-hybridized carbons (Fsp3) is 0.733. The van der Waals surface area contributed by atoms with Crippen molar-refractivity contribution < 1.29 is 0 Å². The maximum atomic E-state index is 4.60. The molecule has 1 aromatic heterocycles. The highest BCUT2D eigenvalue weighted by Crippen LogP contribution is 2.10. The molecule has 0 aliphatic carbocycles. The lowest BCUT2D eigenvalue weighted by Gasteiger charge is -2.18. The molecule has 0 aliphatic heterocycles. The molecule has 0 spiro atoms. The Morgan fingerprint density at radius 1 is 1.37 bits per heavy atom. The third-order valence-corrected chi connectivity index (χ3v) is 3.12. The van der Waals surface area contributed by atoms with Gasteiger partial charge in [-0.1, -0.05) is 27.2 Å². The molecule has 1 heterocycles. The van der Waals surface area contributed by atoms with Crippen LogP contribution >= 0.6 is 0 Å². The van der Waals surface area contributed by atoms with Gasteiger partial charge in [0.2, 0.25) is 5.95 Å². The van der Waals surface area contributed by atoms with E-state index < -0.39 is 0 Å². The van der Waals surface area contributed by atoms with Crippen molar-refractivity contribution in [1.29, 1.82) is 0 Å². The Bertz CT molecular complexity index is 376. The minimum absolute atomic E-state index is 0.667. The predicted octanol–water partition coefficient (Wildman–Crippen LogP) is 2.77. The second kappa shape index (κ2) is 8.10. The number of aromatic nitrogens is 2. The minimum Gasteiger partial charge on any atom is -0.344 e. The first-order chi connectivity index (χ1) is 9.04. The van der Waals surface area contributed by atoms with E-state index in [0.717, 1.165) is 31.3 Å². The highest BCUT2D eigenvalue weighted by atomic mass is 15.2. The van der Waals surface area contributed by atoms with Gasteiger partial charge < -0.3 is 10.2 Å². The van der Waals surface area contributed by atoms with E-state index in [2.05, 4.69) is 54.9 Å². The molecule has 0 saturated carbocycles. The van der Waals surface area contributed by atoms with Crippen LogP contribution in [0.3, 0.4) is 0 Å². The summed E-state index contributed by atoms with van der Waals surface area (Å²) in [4.78, 5) is 11.2. The van der Waals surface area contributed by atoms with E-state index in [0.29, 0.717) is 5.92 Å². The standard InChI is InChI=1S/C15H28N4/c1-6-7-8-19(5)15-17-11-14(13(4)18-15)10-16-9-12(2)3/h11-12,16H,6-10H2,1-5H3. The van der Waals surface area contributed by atoms with Gasteiger partial charge >= 0.3 is 0 Å². The summed E-state index contributed by atoms with van der Waals surface area (Å²) in [5.41, 5.74) is 2.26. The number of hydrogen-bond donors (Lipinski definition) is 1. The second-order valence-electron chi connectivity index (χ2n) is 5.58. The van der Waals surface area contributed by atoms with Crippen LogP contribution in [0.25, 0.3) is 0 Å². The Labute approximate surface area is 117 Å². The molecule has 19 heavy (non-hydrogen) atoms. The van der Waals surface area contributed by atoms with Crippen molar-refractivity contribution in [3.8, 4) is 0 Å². The Morgan fingerprint density at radius 2 is 2.11 bits per heavy atom. The van der Waals surface area contributed by atoms with E-state index in [1.807, 2.05) is 6.20 Å². The van der Waals surface area contributed by atoms with Crippen LogP contribution in [-0.2, 0) is 6.54 Å². The van der Waals surface area contributed by atoms with Gasteiger partial charge in [-0.25, -0.2) is 9.97 Å². The molecule has 108 valence electrons. The SMILES string of the molecule is CCCCN(C)c1ncc(CNCC(C)C)c(C)n1. The Hall–Kier alpha value is -1.16. The van der Waals surface area contributed by atoms with Crippen LogP contribution in [0.2, 0.25) is 0 Å². The normalized spacial score (nSPS) is 11.1. The number of aryl methyl sites for hydroxylation is 1. The van der Waals surface area contributed by atoms with E-state index >= 15 is 0 Å². The van der Waals surface area contributed by atoms with E-state index in [-0.39, 0.29) is 0 Å². The first kappa shape index (κ1) is 15.9. The maximum Gasteiger partial charge on any atom is 0.225 e. The highest BCUT2D eigenvalue weighted by molar-refractivity contribution is 5.31. The number of nitrogens with zero attached hydrogens (tertiary/aromatic N) is 3. The second-order valence-corrected chi connectivity index (χ2v) is 5.58. The van der Waals surface area contributed by atoms with Crippen molar-refractivity contribution in [2.75, 3.05) is 25.0 Å². The van der Waals surface area contributed by atoms with Crippen molar-refractivity contribution in [1.82, 2.24) is 15.3 Å². The van der Waals surface area contributed by atoms with Gasteiger partial charge in [0.15, 0.2) is 0 Å². The summed E-state index contributed by atoms with van der Waals surface area (Å²) in [5, 5.41) is 3.43. The van der Waals surface area contributed by atoms with Gasteiger partial charge in [-0.2, -0.15) is 0 Å². The molecule has 4 nitrogen and oxygen atoms in total. The summed E-state index contributed by atoms with van der Waals surface area (Å²) < 4.78 is 0. The average Bonchev–Trinajstić information content (AvgIpc) is 2.37. The monoisotopic (exact) mass is 264 g/mol. The predicted molar refractivity (Wildman–Crippen MR) is 81.5 cm³/mol. The molecular weight excluding hydrogens is 236 g/mol. The molecule has 0 unspecified atom stereocenters. The summed E-state index contributed by atoms with van der Waals surface area (Å²) in [6.07, 6.45) is 4.32. The topological polar surface area (TPSA) is 41.1 Å². The zero-order valence-corrected chi connectivity index (χ0v) is 13.0. The number of anilines is 1. The van der Waals surface area contributed by atoms with Crippen LogP contribution in [0, 0.1) is 12.8 Å². The number of hydrogen-bond acceptors (Lipinski definition) is 4. The van der Waals surface area contributed by atoms with Crippen molar-refractivity contribution in [3.05, 3.63) is 17.5 Å². The molecule has 0 atom stereocenters. The van der Waals surface area contributed by atoms with Gasteiger partial charge in [0.1, 0.15) is 0 Å². The van der Waals surface area contributed by atoms with Crippen LogP contribution in [-0.4, -0.2) is 30.1 Å². The Morgan fingerprint density at radius 3 is 2.68 bits per heavy atom. The lowest BCUT2D eigenvalue weighted by molar-refractivity contribution is 0.550. The van der Waals surface area contributed by atoms with Crippen molar-refractivity contribution >= 4 is 5.95 Å². The molecule has 0 saturated heterocycles. The molecular formula is C15H28N4. The van der Waals surface area contributed by atoms with Crippen LogP contribution in [0.4, 0.5) is 5.95 Å². The molecule has 0 aliphatic rings. The van der Waals surface area contributed by atoms with Gasteiger partial charge in [0.05, 0.1) is 0 Å². The highest BCUT2D eigenvalue weighted by Gasteiger charge is 2.07. The van der Waals surface area contributed by atoms with Gasteiger partial charge in [0, 0.05) is 37.6 Å². The number of unbranched alkanes of at least 4 members (excludes halogenated alkanes) is 1. The lowest BCUT2D eigenvalue weighted by Crippen LogP contribution is -2.23. The average molecular weight is 264 g/mol. The van der Waals surface area contributed by atoms with Gasteiger partial charge in [0.25, 0.3) is 0 Å². The zero-order chi connectivity index (χ0) is 14.3. The van der Waals surface area contributed by atoms with Gasteiger partial charge in [-0.15, -0.1) is 0 Å². The first-order valence-electron chi connectivity index (χ1n) is 7.29. The summed E-state index contributed by atoms with van der Waals surface area (Å²) in [5.74, 6) is 1.50. The minimum atomic E-state index is 0.667. The van der Waals surface area contributed by atoms with E-state index in [1.165, 1.54) is 18.4 Å². The largest absolute Gasteiger partial charge is 0.344 e. The molecule has 1 N–H and O–H groups in total. The number of nitrogens with one attached hydrogen (secondary N) is 1. The molecule has 0 fully saturated rings. The van der Waals surface area contributed by atoms with E-state index in [1.54, 1.807) is 0 Å². The summed E-state index contributed by atoms with van der Waals surface area (Å²) in [6.45, 7) is 11.6. The smallest absolute Gasteiger partial charge is 0.225 e. The van der Waals surface area contributed by atoms with Crippen molar-refractivity contribution in [3.63, 3.8) is 0 Å². The molecule has 1 rings (SSSR count). The molecule has 0 amide bonds. The van der Waals surface area contributed by atoms with Gasteiger partial charge in [-0.3, -0.25) is 0 Å². The Balaban J connectivity index is 2.58. The summed E-state index contributed by atoms with van der Waals surface area (Å²) in [7, 11) is 2.06. The summed E-state index contributed by atoms with van der Waals surface area (Å²) in [6, 6.07) is 0. The van der Waals surface area contributed by atoms with Crippen molar-refractivity contribution in [2.24, 2.45) is 5.92 Å². The van der Waals surface area contributed by atoms with Crippen LogP contribution < -0.4 is 10.2 Å². The van der Waals surface area contributed by atoms with Crippen molar-refractivity contribution in [2.45, 2.75) is 47.1 Å². The molecule has 0 bridgehead atoms. The molecule has 1 aromatic rings. The fourth-order valence-corrected chi connectivity index (χ4v) is 1.83.